The number of aryl methyl sites for hydroxylation is 1. The van der Waals surface area contributed by atoms with Crippen LogP contribution in [0, 0.1) is 0 Å². The van der Waals surface area contributed by atoms with Crippen LogP contribution in [0.3, 0.4) is 0 Å². The fraction of sp³-hybridized carbons (Fsp3) is 0.556. The zero-order chi connectivity index (χ0) is 8.27. The second kappa shape index (κ2) is 3.88. The fourth-order valence-electron chi connectivity index (χ4n) is 1.32. The van der Waals surface area contributed by atoms with Gasteiger partial charge in [0.05, 0.1) is 6.61 Å². The third-order valence-electron chi connectivity index (χ3n) is 1.95. The van der Waals surface area contributed by atoms with E-state index < -0.39 is 0 Å². The molecule has 1 aromatic heterocycles. The summed E-state index contributed by atoms with van der Waals surface area (Å²) in [6.07, 6.45) is 2.13. The molecule has 0 saturated heterocycles. The fourth-order valence-corrected chi connectivity index (χ4v) is 2.40. The molecule has 0 saturated carbocycles. The van der Waals surface area contributed by atoms with Gasteiger partial charge in [-0.25, -0.2) is 0 Å². The van der Waals surface area contributed by atoms with Crippen molar-refractivity contribution >= 4 is 11.3 Å². The van der Waals surface area contributed by atoms with Gasteiger partial charge in [-0.05, 0) is 29.3 Å². The largest absolute Gasteiger partial charge is 0.391 e. The van der Waals surface area contributed by atoms with E-state index in [2.05, 4.69) is 19.2 Å². The predicted octanol–water partition coefficient (Wildman–Crippen LogP) is 2.37. The van der Waals surface area contributed by atoms with Crippen LogP contribution >= 0.6 is 11.3 Å². The van der Waals surface area contributed by atoms with Crippen molar-refractivity contribution in [3.63, 3.8) is 0 Å². The second-order valence-corrected chi connectivity index (χ2v) is 3.49. The standard InChI is InChI=1S/C9H14OS/c1-3-7-6-11-9(5-10)8(7)4-2/h6,10H,3-5H2,1-2H3. The number of aliphatic hydroxyl groups is 1. The van der Waals surface area contributed by atoms with E-state index in [1.54, 1.807) is 11.3 Å². The van der Waals surface area contributed by atoms with E-state index in [9.17, 15) is 0 Å². The molecule has 1 nitrogen and oxygen atoms in total. The van der Waals surface area contributed by atoms with Crippen molar-refractivity contribution in [1.82, 2.24) is 0 Å². The van der Waals surface area contributed by atoms with Gasteiger partial charge in [-0.15, -0.1) is 11.3 Å². The van der Waals surface area contributed by atoms with Crippen LogP contribution in [0.15, 0.2) is 5.38 Å². The lowest BCUT2D eigenvalue weighted by Gasteiger charge is -1.99. The maximum Gasteiger partial charge on any atom is 0.0777 e. The summed E-state index contributed by atoms with van der Waals surface area (Å²) in [5, 5.41) is 11.1. The van der Waals surface area contributed by atoms with E-state index >= 15 is 0 Å². The summed E-state index contributed by atoms with van der Waals surface area (Å²) in [7, 11) is 0. The summed E-state index contributed by atoms with van der Waals surface area (Å²) in [6.45, 7) is 4.50. The Hall–Kier alpha value is -0.340. The van der Waals surface area contributed by atoms with Crippen molar-refractivity contribution in [3.05, 3.63) is 21.4 Å². The Balaban J connectivity index is 2.99. The van der Waals surface area contributed by atoms with Gasteiger partial charge in [-0.3, -0.25) is 0 Å². The van der Waals surface area contributed by atoms with E-state index in [0.29, 0.717) is 0 Å². The third kappa shape index (κ3) is 1.63. The molecule has 11 heavy (non-hydrogen) atoms. The first-order valence-electron chi connectivity index (χ1n) is 4.02. The van der Waals surface area contributed by atoms with Crippen molar-refractivity contribution in [3.8, 4) is 0 Å². The van der Waals surface area contributed by atoms with Crippen LogP contribution in [-0.2, 0) is 19.4 Å². The Morgan fingerprint density at radius 1 is 1.36 bits per heavy atom. The summed E-state index contributed by atoms with van der Waals surface area (Å²) in [5.41, 5.74) is 2.77. The van der Waals surface area contributed by atoms with E-state index in [4.69, 9.17) is 5.11 Å². The van der Waals surface area contributed by atoms with Gasteiger partial charge in [-0.2, -0.15) is 0 Å². The third-order valence-corrected chi connectivity index (χ3v) is 3.01. The van der Waals surface area contributed by atoms with Gasteiger partial charge in [-0.1, -0.05) is 13.8 Å². The minimum absolute atomic E-state index is 0.202. The maximum atomic E-state index is 8.97. The van der Waals surface area contributed by atoms with E-state index in [1.165, 1.54) is 11.1 Å². The minimum Gasteiger partial charge on any atom is -0.391 e. The topological polar surface area (TPSA) is 20.2 Å². The zero-order valence-corrected chi connectivity index (χ0v) is 7.87. The summed E-state index contributed by atoms with van der Waals surface area (Å²) in [6, 6.07) is 0. The zero-order valence-electron chi connectivity index (χ0n) is 7.05. The molecule has 0 radical (unpaired) electrons. The molecule has 0 aliphatic carbocycles. The van der Waals surface area contributed by atoms with E-state index in [0.717, 1.165) is 17.7 Å². The highest BCUT2D eigenvalue weighted by molar-refractivity contribution is 7.10. The lowest BCUT2D eigenvalue weighted by molar-refractivity contribution is 0.284. The molecular formula is C9H14OS. The highest BCUT2D eigenvalue weighted by atomic mass is 32.1. The monoisotopic (exact) mass is 170 g/mol. The average Bonchev–Trinajstić information content (AvgIpc) is 2.45. The molecule has 1 N–H and O–H groups in total. The van der Waals surface area contributed by atoms with Gasteiger partial charge in [0.15, 0.2) is 0 Å². The van der Waals surface area contributed by atoms with Crippen LogP contribution in [0.4, 0.5) is 0 Å². The number of rotatable bonds is 3. The SMILES string of the molecule is CCc1csc(CO)c1CC. The second-order valence-electron chi connectivity index (χ2n) is 2.53. The summed E-state index contributed by atoms with van der Waals surface area (Å²) < 4.78 is 0. The maximum absolute atomic E-state index is 8.97. The normalized spacial score (nSPS) is 10.5. The number of hydrogen-bond donors (Lipinski definition) is 1. The van der Waals surface area contributed by atoms with Gasteiger partial charge in [0.2, 0.25) is 0 Å². The molecule has 1 aromatic rings. The Labute approximate surface area is 71.7 Å². The lowest BCUT2D eigenvalue weighted by Crippen LogP contribution is -1.89. The number of hydrogen-bond acceptors (Lipinski definition) is 2. The van der Waals surface area contributed by atoms with Crippen LogP contribution in [-0.4, -0.2) is 5.11 Å². The molecule has 62 valence electrons. The highest BCUT2D eigenvalue weighted by Crippen LogP contribution is 2.23. The van der Waals surface area contributed by atoms with Crippen LogP contribution in [0.5, 0.6) is 0 Å². The first-order chi connectivity index (χ1) is 5.33. The quantitative estimate of drug-likeness (QED) is 0.738. The van der Waals surface area contributed by atoms with Crippen LogP contribution < -0.4 is 0 Å². The molecular weight excluding hydrogens is 156 g/mol. The first-order valence-corrected chi connectivity index (χ1v) is 4.90. The van der Waals surface area contributed by atoms with Crippen LogP contribution in [0.2, 0.25) is 0 Å². The van der Waals surface area contributed by atoms with Gasteiger partial charge >= 0.3 is 0 Å². The molecule has 0 spiro atoms. The Kier molecular flexibility index (Phi) is 3.09. The van der Waals surface area contributed by atoms with Crippen molar-refractivity contribution in [2.24, 2.45) is 0 Å². The molecule has 0 bridgehead atoms. The van der Waals surface area contributed by atoms with Gasteiger partial charge in [0.1, 0.15) is 0 Å². The smallest absolute Gasteiger partial charge is 0.0777 e. The molecule has 0 aliphatic rings. The van der Waals surface area contributed by atoms with Crippen LogP contribution in [0.1, 0.15) is 29.9 Å². The molecule has 2 heteroatoms. The Morgan fingerprint density at radius 2 is 2.09 bits per heavy atom. The summed E-state index contributed by atoms with van der Waals surface area (Å²) >= 11 is 1.68. The van der Waals surface area contributed by atoms with Crippen molar-refractivity contribution in [1.29, 1.82) is 0 Å². The molecule has 0 unspecified atom stereocenters. The molecule has 1 heterocycles. The first kappa shape index (κ1) is 8.75. The number of aliphatic hydroxyl groups excluding tert-OH is 1. The van der Waals surface area contributed by atoms with Crippen molar-refractivity contribution in [2.75, 3.05) is 0 Å². The summed E-state index contributed by atoms with van der Waals surface area (Å²) in [4.78, 5) is 1.14. The molecule has 0 aromatic carbocycles. The lowest BCUT2D eigenvalue weighted by atomic mass is 10.1. The van der Waals surface area contributed by atoms with Crippen LogP contribution in [0.25, 0.3) is 0 Å². The molecule has 0 aliphatic heterocycles. The number of thiophene rings is 1. The Bertz CT molecular complexity index is 206. The highest BCUT2D eigenvalue weighted by Gasteiger charge is 2.06. The van der Waals surface area contributed by atoms with E-state index in [-0.39, 0.29) is 6.61 Å². The molecule has 1 rings (SSSR count). The van der Waals surface area contributed by atoms with E-state index in [1.807, 2.05) is 0 Å². The van der Waals surface area contributed by atoms with Crippen molar-refractivity contribution in [2.45, 2.75) is 33.3 Å². The van der Waals surface area contributed by atoms with Gasteiger partial charge in [0, 0.05) is 4.88 Å². The molecule has 0 atom stereocenters. The molecule has 0 fully saturated rings. The Morgan fingerprint density at radius 3 is 2.55 bits per heavy atom. The van der Waals surface area contributed by atoms with Gasteiger partial charge < -0.3 is 5.11 Å². The summed E-state index contributed by atoms with van der Waals surface area (Å²) in [5.74, 6) is 0. The minimum atomic E-state index is 0.202. The van der Waals surface area contributed by atoms with Crippen molar-refractivity contribution < 1.29 is 5.11 Å². The molecule has 0 amide bonds. The van der Waals surface area contributed by atoms with Gasteiger partial charge in [0.25, 0.3) is 0 Å². The predicted molar refractivity (Wildman–Crippen MR) is 49.0 cm³/mol. The average molecular weight is 170 g/mol.